The van der Waals surface area contributed by atoms with E-state index < -0.39 is 0 Å². The van der Waals surface area contributed by atoms with Crippen molar-refractivity contribution in [3.05, 3.63) is 540 Å². The van der Waals surface area contributed by atoms with E-state index in [1.807, 2.05) is 36.8 Å². The summed E-state index contributed by atoms with van der Waals surface area (Å²) >= 11 is 0. The molecule has 0 atom stereocenters. The average molecular weight is 1780 g/mol. The van der Waals surface area contributed by atoms with E-state index in [4.69, 9.17) is 15.0 Å². The van der Waals surface area contributed by atoms with Crippen molar-refractivity contribution >= 4 is 149 Å². The molecule has 0 spiro atoms. The standard InChI is InChI=1S/2C45H31N3.C40H29N3/c1-3-12-32(13-4-1)33-22-24-34(25-23-33)35-26-28-38(29-27-35)47(37-15-5-2-6-16-37)43-20-11-21-44-45(43)40-17-8-10-19-42(40)48(44)39-30-36-14-7-9-18-41(36)46-31-39;1-3-12-32(13-4-1)34-22-26-37(27-23-34)47(38-28-24-35(25-29-38)33-14-5-2-6-15-33)43-20-11-21-44-45(43)40-17-8-10-19-42(40)48(44)39-30-36-16-7-9-18-41(36)46-31-39;1-28-21-23-32(24-22-28)42(33-15-9-14-30(25-33)29-11-3-2-4-12-29)38-19-10-20-39-40(38)35-16-6-8-18-37(35)43(39)34-26-31-13-5-7-17-36(31)41-27-34/h2*1-31H;2-27H,1H3. The molecule has 0 aliphatic carbocycles. The summed E-state index contributed by atoms with van der Waals surface area (Å²) < 4.78 is 7.04. The molecule has 656 valence electrons. The number of pyridine rings is 3. The van der Waals surface area contributed by atoms with Crippen molar-refractivity contribution in [2.24, 2.45) is 0 Å². The van der Waals surface area contributed by atoms with E-state index in [0.29, 0.717) is 0 Å². The number of hydrogen-bond acceptors (Lipinski definition) is 6. The van der Waals surface area contributed by atoms with Gasteiger partial charge >= 0.3 is 0 Å². The first kappa shape index (κ1) is 83.5. The fourth-order valence-electron chi connectivity index (χ4n) is 20.1. The zero-order valence-electron chi connectivity index (χ0n) is 76.3. The van der Waals surface area contributed by atoms with E-state index in [1.54, 1.807) is 0 Å². The number of fused-ring (bicyclic) bond motifs is 12. The summed E-state index contributed by atoms with van der Waals surface area (Å²) in [6.45, 7) is 2.14. The maximum atomic E-state index is 4.84. The Hall–Kier alpha value is -18.6. The van der Waals surface area contributed by atoms with Gasteiger partial charge in [0.25, 0.3) is 0 Å². The van der Waals surface area contributed by atoms with Gasteiger partial charge in [0.1, 0.15) is 0 Å². The van der Waals surface area contributed by atoms with Gasteiger partial charge in [-0.15, -0.1) is 0 Å². The highest BCUT2D eigenvalue weighted by Gasteiger charge is 2.27. The molecular formula is C130H91N9. The van der Waals surface area contributed by atoms with Gasteiger partial charge in [0, 0.05) is 82.6 Å². The summed E-state index contributed by atoms with van der Waals surface area (Å²) in [5, 5.41) is 10.6. The molecule has 9 nitrogen and oxygen atoms in total. The molecular weight excluding hydrogens is 1690 g/mol. The first-order chi connectivity index (χ1) is 68.9. The quantitative estimate of drug-likeness (QED) is 0.0905. The van der Waals surface area contributed by atoms with Crippen molar-refractivity contribution < 1.29 is 0 Å². The second-order valence-electron chi connectivity index (χ2n) is 35.1. The molecule has 9 heteroatoms. The number of para-hydroxylation sites is 7. The predicted molar refractivity (Wildman–Crippen MR) is 584 cm³/mol. The number of aromatic nitrogens is 6. The topological polar surface area (TPSA) is 63.2 Å². The Bertz CT molecular complexity index is 8890. The van der Waals surface area contributed by atoms with Crippen LogP contribution in [0.5, 0.6) is 0 Å². The molecule has 0 aliphatic rings. The van der Waals surface area contributed by atoms with Crippen LogP contribution in [0.1, 0.15) is 5.56 Å². The molecule has 0 unspecified atom stereocenters. The van der Waals surface area contributed by atoms with Crippen molar-refractivity contribution in [2.45, 2.75) is 6.92 Å². The van der Waals surface area contributed by atoms with Crippen LogP contribution in [-0.2, 0) is 0 Å². The summed E-state index contributed by atoms with van der Waals surface area (Å²) in [7, 11) is 0. The minimum Gasteiger partial charge on any atom is -0.310 e. The highest BCUT2D eigenvalue weighted by Crippen LogP contribution is 2.50. The molecule has 0 saturated heterocycles. The third-order valence-corrected chi connectivity index (χ3v) is 26.7. The minimum atomic E-state index is 0.992. The van der Waals surface area contributed by atoms with E-state index in [0.717, 1.165) is 134 Å². The molecule has 6 heterocycles. The molecule has 0 N–H and O–H groups in total. The largest absolute Gasteiger partial charge is 0.310 e. The molecule has 6 aromatic heterocycles. The van der Waals surface area contributed by atoms with Gasteiger partial charge in [-0.05, 0) is 226 Å². The van der Waals surface area contributed by atoms with Gasteiger partial charge < -0.3 is 28.4 Å². The van der Waals surface area contributed by atoms with Gasteiger partial charge in [0.2, 0.25) is 0 Å². The van der Waals surface area contributed by atoms with Crippen molar-refractivity contribution in [2.75, 3.05) is 14.7 Å². The van der Waals surface area contributed by atoms with Crippen molar-refractivity contribution in [1.29, 1.82) is 0 Å². The number of rotatable bonds is 17. The lowest BCUT2D eigenvalue weighted by Crippen LogP contribution is -2.10. The van der Waals surface area contributed by atoms with Crippen LogP contribution in [0, 0.1) is 6.92 Å². The minimum absolute atomic E-state index is 0.992. The Labute approximate surface area is 806 Å². The van der Waals surface area contributed by atoms with Gasteiger partial charge in [-0.3, -0.25) is 15.0 Å². The van der Waals surface area contributed by atoms with Gasteiger partial charge in [-0.2, -0.15) is 0 Å². The summed E-state index contributed by atoms with van der Waals surface area (Å²) in [4.78, 5) is 21.6. The molecule has 0 bridgehead atoms. The predicted octanol–water partition coefficient (Wildman–Crippen LogP) is 35.0. The highest BCUT2D eigenvalue weighted by molar-refractivity contribution is 6.20. The number of anilines is 9. The van der Waals surface area contributed by atoms with Crippen LogP contribution in [0.25, 0.3) is 171 Å². The lowest BCUT2D eigenvalue weighted by atomic mass is 10.00. The molecule has 0 fully saturated rings. The molecule has 26 aromatic rings. The molecule has 0 radical (unpaired) electrons. The van der Waals surface area contributed by atoms with Gasteiger partial charge in [0.05, 0.1) is 102 Å². The van der Waals surface area contributed by atoms with E-state index in [9.17, 15) is 0 Å². The maximum absolute atomic E-state index is 4.84. The number of aryl methyl sites for hydroxylation is 1. The monoisotopic (exact) mass is 1780 g/mol. The summed E-state index contributed by atoms with van der Waals surface area (Å²) in [5.74, 6) is 0. The van der Waals surface area contributed by atoms with Gasteiger partial charge in [0.15, 0.2) is 0 Å². The maximum Gasteiger partial charge on any atom is 0.0703 e. The first-order valence-corrected chi connectivity index (χ1v) is 47.2. The zero-order chi connectivity index (χ0) is 92.5. The Kier molecular flexibility index (Phi) is 22.1. The second-order valence-corrected chi connectivity index (χ2v) is 35.1. The Morgan fingerprint density at radius 2 is 0.403 bits per heavy atom. The van der Waals surface area contributed by atoms with Crippen LogP contribution in [0.2, 0.25) is 0 Å². The van der Waals surface area contributed by atoms with Crippen molar-refractivity contribution in [1.82, 2.24) is 28.7 Å². The second kappa shape index (κ2) is 36.8. The SMILES string of the molecule is Cc1ccc(N(c2cccc(-c3ccccc3)c2)c2cccc3c2c2ccccc2n3-c2cnc3ccccc3c2)cc1.c1ccc(-c2ccc(-c3ccc(N(c4ccccc4)c4cccc5c4c4ccccc4n5-c4cnc5ccccc5c4)cc3)cc2)cc1.c1ccc(-c2ccc(N(c3ccc(-c4ccccc4)cc3)c3cccc4c3c3ccccc3n4-c3cnc4ccccc4c3)cc2)cc1. The van der Waals surface area contributed by atoms with Crippen molar-refractivity contribution in [3.8, 4) is 72.7 Å². The average Bonchev–Trinajstić information content (AvgIpc) is 1.59. The summed E-state index contributed by atoms with van der Waals surface area (Å²) in [6.07, 6.45) is 5.96. The smallest absolute Gasteiger partial charge is 0.0703 e. The van der Waals surface area contributed by atoms with Crippen LogP contribution in [0.15, 0.2) is 534 Å². The number of benzene rings is 20. The fourth-order valence-corrected chi connectivity index (χ4v) is 20.1. The van der Waals surface area contributed by atoms with E-state index in [2.05, 4.69) is 533 Å². The number of nitrogens with zero attached hydrogens (tertiary/aromatic N) is 9. The van der Waals surface area contributed by atoms with E-state index in [-0.39, 0.29) is 0 Å². The van der Waals surface area contributed by atoms with Crippen LogP contribution < -0.4 is 14.7 Å². The van der Waals surface area contributed by atoms with E-state index >= 15 is 0 Å². The van der Waals surface area contributed by atoms with Crippen LogP contribution in [0.3, 0.4) is 0 Å². The molecule has 139 heavy (non-hydrogen) atoms. The summed E-state index contributed by atoms with van der Waals surface area (Å²) in [5.41, 5.74) is 36.3. The van der Waals surface area contributed by atoms with Crippen LogP contribution in [-0.4, -0.2) is 28.7 Å². The van der Waals surface area contributed by atoms with Crippen molar-refractivity contribution in [3.63, 3.8) is 0 Å². The first-order valence-electron chi connectivity index (χ1n) is 47.2. The fraction of sp³-hybridized carbons (Fsp3) is 0.00769. The molecule has 0 amide bonds. The molecule has 20 aromatic carbocycles. The molecule has 26 rings (SSSR count). The normalized spacial score (nSPS) is 11.3. The summed E-state index contributed by atoms with van der Waals surface area (Å²) in [6, 6.07) is 184. The molecule has 0 aliphatic heterocycles. The number of hydrogen-bond donors (Lipinski definition) is 0. The van der Waals surface area contributed by atoms with Gasteiger partial charge in [-0.25, -0.2) is 0 Å². The Balaban J connectivity index is 0.000000114. The van der Waals surface area contributed by atoms with Gasteiger partial charge in [-0.1, -0.05) is 357 Å². The third kappa shape index (κ3) is 16.0. The third-order valence-electron chi connectivity index (χ3n) is 26.7. The van der Waals surface area contributed by atoms with E-state index in [1.165, 1.54) is 93.5 Å². The lowest BCUT2D eigenvalue weighted by molar-refractivity contribution is 1.16. The Morgan fingerprint density at radius 1 is 0.173 bits per heavy atom. The Morgan fingerprint density at radius 3 is 0.741 bits per heavy atom. The highest BCUT2D eigenvalue weighted by atomic mass is 15.2. The van der Waals surface area contributed by atoms with Crippen LogP contribution >= 0.6 is 0 Å². The lowest BCUT2D eigenvalue weighted by Gasteiger charge is -2.27. The zero-order valence-corrected chi connectivity index (χ0v) is 76.3. The van der Waals surface area contributed by atoms with Crippen LogP contribution in [0.4, 0.5) is 51.2 Å². The molecule has 0 saturated carbocycles.